The van der Waals surface area contributed by atoms with Gasteiger partial charge in [0.15, 0.2) is 0 Å². The first-order chi connectivity index (χ1) is 15.1. The van der Waals surface area contributed by atoms with Gasteiger partial charge >= 0.3 is 6.18 Å². The largest absolute Gasteiger partial charge is 0.417 e. The van der Waals surface area contributed by atoms with Crippen molar-refractivity contribution in [3.8, 4) is 0 Å². The van der Waals surface area contributed by atoms with Crippen LogP contribution in [-0.4, -0.2) is 27.4 Å². The van der Waals surface area contributed by atoms with Gasteiger partial charge in [-0.1, -0.05) is 30.7 Å². The average molecular weight is 469 g/mol. The van der Waals surface area contributed by atoms with E-state index < -0.39 is 34.4 Å². The molecule has 9 heteroatoms. The topological polar surface area (TPSA) is 55.1 Å². The zero-order valence-corrected chi connectivity index (χ0v) is 18.0. The first-order valence-corrected chi connectivity index (χ1v) is 10.6. The molecule has 0 atom stereocenters. The molecule has 170 valence electrons. The molecule has 0 unspecified atom stereocenters. The summed E-state index contributed by atoms with van der Waals surface area (Å²) in [6, 6.07) is 7.18. The second-order valence-corrected chi connectivity index (χ2v) is 8.95. The lowest BCUT2D eigenvalue weighted by Crippen LogP contribution is -2.31. The normalized spacial score (nSPS) is 21.8. The van der Waals surface area contributed by atoms with Crippen LogP contribution in [0.3, 0.4) is 0 Å². The van der Waals surface area contributed by atoms with Crippen molar-refractivity contribution in [1.29, 1.82) is 0 Å². The van der Waals surface area contributed by atoms with Crippen molar-refractivity contribution in [2.24, 2.45) is 5.92 Å². The third-order valence-corrected chi connectivity index (χ3v) is 6.74. The van der Waals surface area contributed by atoms with Gasteiger partial charge in [0, 0.05) is 12.0 Å². The highest BCUT2D eigenvalue weighted by atomic mass is 35.5. The lowest BCUT2D eigenvalue weighted by atomic mass is 9.69. The molecule has 0 bridgehead atoms. The second-order valence-electron chi connectivity index (χ2n) is 8.55. The van der Waals surface area contributed by atoms with Crippen LogP contribution in [0.1, 0.15) is 54.2 Å². The molecule has 1 fully saturated rings. The molecule has 4 nitrogen and oxygen atoms in total. The molecule has 1 aliphatic carbocycles. The first-order valence-electron chi connectivity index (χ1n) is 10.3. The van der Waals surface area contributed by atoms with Gasteiger partial charge in [-0.2, -0.15) is 23.0 Å². The van der Waals surface area contributed by atoms with E-state index in [0.29, 0.717) is 31.4 Å². The van der Waals surface area contributed by atoms with E-state index in [1.54, 1.807) is 0 Å². The SMILES string of the molecule is CC1(c2nn(C(=O)c3c(Cl)cccc3C(F)(F)F)c3cccc(F)c23)CCC(CO)CC1. The predicted octanol–water partition coefficient (Wildman–Crippen LogP) is 5.98. The van der Waals surface area contributed by atoms with Crippen molar-refractivity contribution in [3.05, 3.63) is 64.1 Å². The van der Waals surface area contributed by atoms with Gasteiger partial charge in [-0.15, -0.1) is 0 Å². The number of hydrogen-bond donors (Lipinski definition) is 1. The summed E-state index contributed by atoms with van der Waals surface area (Å²) in [4.78, 5) is 13.3. The molecule has 0 radical (unpaired) electrons. The van der Waals surface area contributed by atoms with Crippen LogP contribution in [0.25, 0.3) is 10.9 Å². The number of nitrogens with zero attached hydrogens (tertiary/aromatic N) is 2. The van der Waals surface area contributed by atoms with Crippen molar-refractivity contribution in [2.75, 3.05) is 6.61 Å². The van der Waals surface area contributed by atoms with Gasteiger partial charge in [0.2, 0.25) is 0 Å². The summed E-state index contributed by atoms with van der Waals surface area (Å²) in [7, 11) is 0. The second kappa shape index (κ2) is 8.15. The van der Waals surface area contributed by atoms with Crippen LogP contribution in [0.2, 0.25) is 5.02 Å². The van der Waals surface area contributed by atoms with Gasteiger partial charge in [0.25, 0.3) is 5.91 Å². The van der Waals surface area contributed by atoms with Crippen LogP contribution in [0.5, 0.6) is 0 Å². The van der Waals surface area contributed by atoms with E-state index in [1.165, 1.54) is 24.3 Å². The number of aliphatic hydroxyl groups excluding tert-OH is 1. The highest BCUT2D eigenvalue weighted by Gasteiger charge is 2.40. The van der Waals surface area contributed by atoms with Crippen molar-refractivity contribution in [1.82, 2.24) is 9.78 Å². The molecular weight excluding hydrogens is 448 g/mol. The molecule has 0 saturated heterocycles. The highest BCUT2D eigenvalue weighted by Crippen LogP contribution is 2.44. The van der Waals surface area contributed by atoms with Crippen molar-refractivity contribution >= 4 is 28.4 Å². The number of alkyl halides is 3. The first kappa shape index (κ1) is 22.7. The molecule has 2 aromatic carbocycles. The fourth-order valence-corrected chi connectivity index (χ4v) is 4.78. The maximum Gasteiger partial charge on any atom is 0.417 e. The van der Waals surface area contributed by atoms with E-state index in [9.17, 15) is 27.5 Å². The van der Waals surface area contributed by atoms with Gasteiger partial charge in [-0.25, -0.2) is 4.39 Å². The molecule has 1 aliphatic rings. The standard InChI is InChI=1S/C23H21ClF4N2O2/c1-22(10-8-13(12-31)9-11-22)20-19-16(25)6-3-7-17(19)30(29-20)21(32)18-14(23(26,27)28)4-2-5-15(18)24/h2-7,13,31H,8-12H2,1H3. The van der Waals surface area contributed by atoms with Gasteiger partial charge in [-0.3, -0.25) is 4.79 Å². The van der Waals surface area contributed by atoms with Crippen LogP contribution in [0.15, 0.2) is 36.4 Å². The molecule has 32 heavy (non-hydrogen) atoms. The molecule has 1 heterocycles. The molecule has 4 rings (SSSR count). The van der Waals surface area contributed by atoms with Gasteiger partial charge < -0.3 is 5.11 Å². The Balaban J connectivity index is 1.90. The van der Waals surface area contributed by atoms with Crippen LogP contribution in [0, 0.1) is 11.7 Å². The summed E-state index contributed by atoms with van der Waals surface area (Å²) >= 11 is 6.02. The van der Waals surface area contributed by atoms with Gasteiger partial charge in [-0.05, 0) is 55.9 Å². The molecular formula is C23H21ClF4N2O2. The highest BCUT2D eigenvalue weighted by molar-refractivity contribution is 6.34. The van der Waals surface area contributed by atoms with Crippen molar-refractivity contribution in [2.45, 2.75) is 44.2 Å². The number of fused-ring (bicyclic) bond motifs is 1. The van der Waals surface area contributed by atoms with Gasteiger partial charge in [0.1, 0.15) is 5.82 Å². The van der Waals surface area contributed by atoms with Gasteiger partial charge in [0.05, 0.1) is 32.7 Å². The lowest BCUT2D eigenvalue weighted by Gasteiger charge is -2.35. The minimum atomic E-state index is -4.80. The summed E-state index contributed by atoms with van der Waals surface area (Å²) in [5, 5.41) is 13.6. The maximum atomic E-state index is 14.9. The average Bonchev–Trinajstić information content (AvgIpc) is 3.15. The monoisotopic (exact) mass is 468 g/mol. The number of hydrogen-bond acceptors (Lipinski definition) is 3. The Kier molecular flexibility index (Phi) is 5.79. The maximum absolute atomic E-state index is 14.9. The summed E-state index contributed by atoms with van der Waals surface area (Å²) < 4.78 is 56.5. The number of rotatable bonds is 3. The quantitative estimate of drug-likeness (QED) is 0.481. The zero-order chi connectivity index (χ0) is 23.3. The molecule has 0 aliphatic heterocycles. The van der Waals surface area contributed by atoms with E-state index >= 15 is 0 Å². The van der Waals surface area contributed by atoms with E-state index in [1.807, 2.05) is 6.92 Å². The predicted molar refractivity (Wildman–Crippen MR) is 112 cm³/mol. The molecule has 3 aromatic rings. The van der Waals surface area contributed by atoms with Crippen molar-refractivity contribution < 1.29 is 27.5 Å². The van der Waals surface area contributed by atoms with Crippen molar-refractivity contribution in [3.63, 3.8) is 0 Å². The smallest absolute Gasteiger partial charge is 0.396 e. The Morgan fingerprint density at radius 3 is 2.50 bits per heavy atom. The van der Waals surface area contributed by atoms with Crippen LogP contribution in [0.4, 0.5) is 17.6 Å². The molecule has 1 aromatic heterocycles. The van der Waals surface area contributed by atoms with E-state index in [4.69, 9.17) is 11.6 Å². The Labute approximate surface area is 186 Å². The van der Waals surface area contributed by atoms with E-state index in [2.05, 4.69) is 5.10 Å². The molecule has 1 N–H and O–H groups in total. The Bertz CT molecular complexity index is 1180. The summed E-state index contributed by atoms with van der Waals surface area (Å²) in [5.41, 5.74) is -2.08. The van der Waals surface area contributed by atoms with Crippen LogP contribution >= 0.6 is 11.6 Å². The Hall–Kier alpha value is -2.45. The fraction of sp³-hybridized carbons (Fsp3) is 0.391. The van der Waals surface area contributed by atoms with E-state index in [0.717, 1.165) is 16.8 Å². The number of carbonyl (C=O) groups is 1. The number of halogens is 5. The number of carbonyl (C=O) groups excluding carboxylic acids is 1. The summed E-state index contributed by atoms with van der Waals surface area (Å²) in [6.07, 6.45) is -2.19. The lowest BCUT2D eigenvalue weighted by molar-refractivity contribution is -0.137. The Morgan fingerprint density at radius 1 is 1.22 bits per heavy atom. The number of benzene rings is 2. The summed E-state index contributed by atoms with van der Waals surface area (Å²) in [5.74, 6) is -1.53. The Morgan fingerprint density at radius 2 is 1.88 bits per heavy atom. The molecule has 1 saturated carbocycles. The fourth-order valence-electron chi connectivity index (χ4n) is 4.52. The zero-order valence-electron chi connectivity index (χ0n) is 17.2. The van der Waals surface area contributed by atoms with Crippen LogP contribution < -0.4 is 0 Å². The minimum Gasteiger partial charge on any atom is -0.396 e. The summed E-state index contributed by atoms with van der Waals surface area (Å²) in [6.45, 7) is 1.96. The third kappa shape index (κ3) is 3.79. The van der Waals surface area contributed by atoms with Crippen LogP contribution in [-0.2, 0) is 11.6 Å². The molecule has 0 amide bonds. The number of aromatic nitrogens is 2. The molecule has 0 spiro atoms. The number of aliphatic hydroxyl groups is 1. The minimum absolute atomic E-state index is 0.0604. The van der Waals surface area contributed by atoms with E-state index in [-0.39, 0.29) is 28.5 Å². The third-order valence-electron chi connectivity index (χ3n) is 6.42.